The SMILES string of the molecule is NCc1ccc(-c2noc(-c3ccnc(N4CCCCC4)n3)n2)cc1. The summed E-state index contributed by atoms with van der Waals surface area (Å²) < 4.78 is 5.41. The van der Waals surface area contributed by atoms with Crippen LogP contribution in [0.2, 0.25) is 0 Å². The highest BCUT2D eigenvalue weighted by atomic mass is 16.5. The fourth-order valence-corrected chi connectivity index (χ4v) is 2.95. The Kier molecular flexibility index (Phi) is 4.39. The molecule has 0 unspecified atom stereocenters. The van der Waals surface area contributed by atoms with E-state index in [1.165, 1.54) is 19.3 Å². The van der Waals surface area contributed by atoms with Crippen molar-refractivity contribution in [3.05, 3.63) is 42.1 Å². The number of benzene rings is 1. The molecule has 1 aliphatic heterocycles. The van der Waals surface area contributed by atoms with Crippen LogP contribution < -0.4 is 10.6 Å². The number of nitrogens with two attached hydrogens (primary N) is 1. The quantitative estimate of drug-likeness (QED) is 0.782. The van der Waals surface area contributed by atoms with Crippen LogP contribution in [0, 0.1) is 0 Å². The molecule has 128 valence electrons. The van der Waals surface area contributed by atoms with Crippen molar-refractivity contribution in [2.24, 2.45) is 5.73 Å². The maximum atomic E-state index is 5.63. The summed E-state index contributed by atoms with van der Waals surface area (Å²) >= 11 is 0. The van der Waals surface area contributed by atoms with E-state index in [0.717, 1.165) is 30.2 Å². The molecule has 0 bridgehead atoms. The van der Waals surface area contributed by atoms with Gasteiger partial charge in [-0.1, -0.05) is 29.4 Å². The number of piperidine rings is 1. The van der Waals surface area contributed by atoms with E-state index in [9.17, 15) is 0 Å². The number of aromatic nitrogens is 4. The standard InChI is InChI=1S/C18H20N6O/c19-12-13-4-6-14(7-5-13)16-22-17(25-23-16)15-8-9-20-18(21-15)24-10-2-1-3-11-24/h4-9H,1-3,10-12,19H2. The second-order valence-corrected chi connectivity index (χ2v) is 6.11. The monoisotopic (exact) mass is 336 g/mol. The van der Waals surface area contributed by atoms with Gasteiger partial charge in [-0.05, 0) is 30.9 Å². The number of anilines is 1. The highest BCUT2D eigenvalue weighted by Crippen LogP contribution is 2.23. The van der Waals surface area contributed by atoms with E-state index in [0.29, 0.717) is 24.0 Å². The first kappa shape index (κ1) is 15.7. The molecule has 0 amide bonds. The summed E-state index contributed by atoms with van der Waals surface area (Å²) in [6.45, 7) is 2.50. The van der Waals surface area contributed by atoms with Crippen LogP contribution in [0.4, 0.5) is 5.95 Å². The Hall–Kier alpha value is -2.80. The molecule has 1 saturated heterocycles. The third-order valence-corrected chi connectivity index (χ3v) is 4.37. The number of nitrogens with zero attached hydrogens (tertiary/aromatic N) is 5. The molecule has 0 spiro atoms. The third kappa shape index (κ3) is 3.36. The highest BCUT2D eigenvalue weighted by molar-refractivity contribution is 5.58. The minimum atomic E-state index is 0.401. The minimum Gasteiger partial charge on any atom is -0.341 e. The Morgan fingerprint density at radius 3 is 2.56 bits per heavy atom. The van der Waals surface area contributed by atoms with Gasteiger partial charge in [0, 0.05) is 31.4 Å². The van der Waals surface area contributed by atoms with Crippen LogP contribution in [0.1, 0.15) is 24.8 Å². The second kappa shape index (κ2) is 6.98. The van der Waals surface area contributed by atoms with E-state index in [1.54, 1.807) is 12.3 Å². The van der Waals surface area contributed by atoms with Gasteiger partial charge in [0.05, 0.1) is 0 Å². The summed E-state index contributed by atoms with van der Waals surface area (Å²) in [5, 5.41) is 4.07. The summed E-state index contributed by atoms with van der Waals surface area (Å²) in [4.78, 5) is 15.7. The van der Waals surface area contributed by atoms with Crippen molar-refractivity contribution in [2.45, 2.75) is 25.8 Å². The Labute approximate surface area is 145 Å². The zero-order valence-electron chi connectivity index (χ0n) is 13.9. The van der Waals surface area contributed by atoms with E-state index in [1.807, 2.05) is 24.3 Å². The molecule has 4 rings (SSSR count). The molecule has 1 aliphatic rings. The van der Waals surface area contributed by atoms with Crippen molar-refractivity contribution in [1.82, 2.24) is 20.1 Å². The molecule has 0 saturated carbocycles. The molecule has 3 aromatic rings. The van der Waals surface area contributed by atoms with Gasteiger partial charge >= 0.3 is 0 Å². The van der Waals surface area contributed by atoms with Crippen LogP contribution in [-0.2, 0) is 6.54 Å². The van der Waals surface area contributed by atoms with Gasteiger partial charge in [-0.15, -0.1) is 0 Å². The van der Waals surface area contributed by atoms with Crippen molar-refractivity contribution < 1.29 is 4.52 Å². The average molecular weight is 336 g/mol. The fourth-order valence-electron chi connectivity index (χ4n) is 2.95. The lowest BCUT2D eigenvalue weighted by molar-refractivity contribution is 0.431. The predicted octanol–water partition coefficient (Wildman–Crippen LogP) is 2.64. The van der Waals surface area contributed by atoms with E-state index >= 15 is 0 Å². The molecule has 0 atom stereocenters. The number of hydrogen-bond acceptors (Lipinski definition) is 7. The molecule has 1 fully saturated rings. The van der Waals surface area contributed by atoms with Gasteiger partial charge in [0.25, 0.3) is 5.89 Å². The third-order valence-electron chi connectivity index (χ3n) is 4.37. The lowest BCUT2D eigenvalue weighted by Crippen LogP contribution is -2.30. The van der Waals surface area contributed by atoms with Gasteiger partial charge in [-0.25, -0.2) is 9.97 Å². The van der Waals surface area contributed by atoms with E-state index in [4.69, 9.17) is 10.3 Å². The smallest absolute Gasteiger partial charge is 0.277 e. The van der Waals surface area contributed by atoms with Gasteiger partial charge in [0.2, 0.25) is 11.8 Å². The van der Waals surface area contributed by atoms with Crippen molar-refractivity contribution in [2.75, 3.05) is 18.0 Å². The Morgan fingerprint density at radius 2 is 1.80 bits per heavy atom. The topological polar surface area (TPSA) is 94.0 Å². The van der Waals surface area contributed by atoms with Crippen molar-refractivity contribution in [3.8, 4) is 23.0 Å². The summed E-state index contributed by atoms with van der Waals surface area (Å²) in [5.74, 6) is 1.67. The largest absolute Gasteiger partial charge is 0.341 e. The van der Waals surface area contributed by atoms with Crippen LogP contribution in [0.25, 0.3) is 23.0 Å². The zero-order valence-corrected chi connectivity index (χ0v) is 13.9. The van der Waals surface area contributed by atoms with Crippen LogP contribution >= 0.6 is 0 Å². The van der Waals surface area contributed by atoms with E-state index in [-0.39, 0.29) is 0 Å². The van der Waals surface area contributed by atoms with Crippen LogP contribution in [0.15, 0.2) is 41.1 Å². The highest BCUT2D eigenvalue weighted by Gasteiger charge is 2.17. The molecule has 3 heterocycles. The van der Waals surface area contributed by atoms with Gasteiger partial charge in [0.1, 0.15) is 5.69 Å². The number of rotatable bonds is 4. The molecule has 0 radical (unpaired) electrons. The van der Waals surface area contributed by atoms with Crippen molar-refractivity contribution in [1.29, 1.82) is 0 Å². The molecule has 1 aromatic carbocycles. The maximum absolute atomic E-state index is 5.63. The molecule has 7 nitrogen and oxygen atoms in total. The van der Waals surface area contributed by atoms with Crippen molar-refractivity contribution in [3.63, 3.8) is 0 Å². The van der Waals surface area contributed by atoms with Gasteiger partial charge in [-0.3, -0.25) is 0 Å². The predicted molar refractivity (Wildman–Crippen MR) is 94.7 cm³/mol. The van der Waals surface area contributed by atoms with E-state index in [2.05, 4.69) is 25.0 Å². The Balaban J connectivity index is 1.59. The summed E-state index contributed by atoms with van der Waals surface area (Å²) in [6.07, 6.45) is 5.37. The minimum absolute atomic E-state index is 0.401. The van der Waals surface area contributed by atoms with Gasteiger partial charge in [-0.2, -0.15) is 4.98 Å². The first-order valence-corrected chi connectivity index (χ1v) is 8.55. The second-order valence-electron chi connectivity index (χ2n) is 6.11. The fraction of sp³-hybridized carbons (Fsp3) is 0.333. The molecular formula is C18H20N6O. The molecule has 2 aromatic heterocycles. The van der Waals surface area contributed by atoms with E-state index < -0.39 is 0 Å². The van der Waals surface area contributed by atoms with Gasteiger partial charge < -0.3 is 15.2 Å². The molecule has 0 aliphatic carbocycles. The summed E-state index contributed by atoms with van der Waals surface area (Å²) in [5.41, 5.74) is 8.22. The Morgan fingerprint density at radius 1 is 1.00 bits per heavy atom. The molecule has 25 heavy (non-hydrogen) atoms. The molecular weight excluding hydrogens is 316 g/mol. The van der Waals surface area contributed by atoms with Crippen LogP contribution in [0.3, 0.4) is 0 Å². The first-order valence-electron chi connectivity index (χ1n) is 8.55. The average Bonchev–Trinajstić information content (AvgIpc) is 3.19. The lowest BCUT2D eigenvalue weighted by atomic mass is 10.1. The van der Waals surface area contributed by atoms with Crippen LogP contribution in [-0.4, -0.2) is 33.2 Å². The maximum Gasteiger partial charge on any atom is 0.277 e. The van der Waals surface area contributed by atoms with Crippen molar-refractivity contribution >= 4 is 5.95 Å². The number of hydrogen-bond donors (Lipinski definition) is 1. The normalized spacial score (nSPS) is 14.7. The summed E-state index contributed by atoms with van der Waals surface area (Å²) in [7, 11) is 0. The zero-order chi connectivity index (χ0) is 17.1. The first-order chi connectivity index (χ1) is 12.3. The molecule has 2 N–H and O–H groups in total. The summed E-state index contributed by atoms with van der Waals surface area (Å²) in [6, 6.07) is 9.60. The Bertz CT molecular complexity index is 839. The lowest BCUT2D eigenvalue weighted by Gasteiger charge is -2.26. The van der Waals surface area contributed by atoms with Crippen LogP contribution in [0.5, 0.6) is 0 Å². The van der Waals surface area contributed by atoms with Gasteiger partial charge in [0.15, 0.2) is 0 Å². The molecule has 7 heteroatoms.